The molecule has 2 rings (SSSR count). The lowest BCUT2D eigenvalue weighted by Gasteiger charge is -2.13. The number of hydrazine groups is 1. The number of hydrogen-bond donors (Lipinski definition) is 2. The van der Waals surface area contributed by atoms with Crippen LogP contribution in [0.15, 0.2) is 48.5 Å². The summed E-state index contributed by atoms with van der Waals surface area (Å²) in [7, 11) is 1.58. The molecule has 0 atom stereocenters. The number of ether oxygens (including phenoxy) is 2. The number of benzene rings is 2. The van der Waals surface area contributed by atoms with Crippen LogP contribution >= 0.6 is 0 Å². The molecule has 6 nitrogen and oxygen atoms in total. The third-order valence-electron chi connectivity index (χ3n) is 3.92. The molecule has 2 N–H and O–H groups in total. The molecule has 0 radical (unpaired) electrons. The lowest BCUT2D eigenvalue weighted by molar-refractivity contribution is -0.121. The summed E-state index contributed by atoms with van der Waals surface area (Å²) in [5, 5.41) is 0. The number of nitrogens with one attached hydrogen (secondary N) is 2. The van der Waals surface area contributed by atoms with E-state index in [2.05, 4.69) is 24.7 Å². The van der Waals surface area contributed by atoms with Crippen LogP contribution in [0.4, 0.5) is 0 Å². The highest BCUT2D eigenvalue weighted by molar-refractivity contribution is 5.97. The monoisotopic (exact) mass is 370 g/mol. The van der Waals surface area contributed by atoms with Crippen LogP contribution in [0.25, 0.3) is 0 Å². The van der Waals surface area contributed by atoms with Gasteiger partial charge >= 0.3 is 0 Å². The number of carbonyl (C=O) groups is 2. The van der Waals surface area contributed by atoms with E-state index in [9.17, 15) is 9.59 Å². The standard InChI is InChI=1S/C21H26N2O4/c1-15(2)12-13-27-19-7-5-4-6-18(19)21(25)23-22-20(24)14-16-8-10-17(26-3)11-9-16/h4-11,15H,12-14H2,1-3H3,(H,22,24)(H,23,25). The molecule has 0 aliphatic carbocycles. The number of methoxy groups -OCH3 is 1. The first kappa shape index (κ1) is 20.3. The molecule has 0 bridgehead atoms. The van der Waals surface area contributed by atoms with E-state index in [1.54, 1.807) is 49.6 Å². The third kappa shape index (κ3) is 6.66. The van der Waals surface area contributed by atoms with Crippen molar-refractivity contribution in [3.63, 3.8) is 0 Å². The summed E-state index contributed by atoms with van der Waals surface area (Å²) in [6, 6.07) is 14.1. The number of amides is 2. The van der Waals surface area contributed by atoms with E-state index in [4.69, 9.17) is 9.47 Å². The second-order valence-corrected chi connectivity index (χ2v) is 6.55. The van der Waals surface area contributed by atoms with E-state index in [1.165, 1.54) is 0 Å². The van der Waals surface area contributed by atoms with Crippen LogP contribution in [-0.2, 0) is 11.2 Å². The van der Waals surface area contributed by atoms with Crippen molar-refractivity contribution in [2.24, 2.45) is 5.92 Å². The summed E-state index contributed by atoms with van der Waals surface area (Å²) in [6.45, 7) is 4.76. The first-order valence-electron chi connectivity index (χ1n) is 8.93. The maximum atomic E-state index is 12.4. The van der Waals surface area contributed by atoms with Gasteiger partial charge in [0.05, 0.1) is 25.7 Å². The fourth-order valence-corrected chi connectivity index (χ4v) is 2.35. The van der Waals surface area contributed by atoms with Crippen LogP contribution < -0.4 is 20.3 Å². The molecule has 0 aliphatic heterocycles. The summed E-state index contributed by atoms with van der Waals surface area (Å²) in [4.78, 5) is 24.4. The Morgan fingerprint density at radius 2 is 1.70 bits per heavy atom. The van der Waals surface area contributed by atoms with E-state index in [0.29, 0.717) is 23.8 Å². The van der Waals surface area contributed by atoms with Gasteiger partial charge in [0.1, 0.15) is 11.5 Å². The predicted octanol–water partition coefficient (Wildman–Crippen LogP) is 3.12. The molecule has 0 fully saturated rings. The number of para-hydroxylation sites is 1. The average molecular weight is 370 g/mol. The maximum Gasteiger partial charge on any atom is 0.273 e. The van der Waals surface area contributed by atoms with Crippen molar-refractivity contribution in [2.45, 2.75) is 26.7 Å². The number of rotatable bonds is 8. The van der Waals surface area contributed by atoms with Crippen LogP contribution in [0.2, 0.25) is 0 Å². The van der Waals surface area contributed by atoms with Gasteiger partial charge in [-0.15, -0.1) is 0 Å². The van der Waals surface area contributed by atoms with Gasteiger partial charge in [0, 0.05) is 0 Å². The molecule has 0 heterocycles. The summed E-state index contributed by atoms with van der Waals surface area (Å²) >= 11 is 0. The zero-order valence-electron chi connectivity index (χ0n) is 16.0. The Balaban J connectivity index is 1.88. The molecular weight excluding hydrogens is 344 g/mol. The topological polar surface area (TPSA) is 76.7 Å². The van der Waals surface area contributed by atoms with E-state index >= 15 is 0 Å². The van der Waals surface area contributed by atoms with Crippen molar-refractivity contribution >= 4 is 11.8 Å². The average Bonchev–Trinajstić information content (AvgIpc) is 2.67. The molecule has 2 aromatic rings. The first-order chi connectivity index (χ1) is 13.0. The Morgan fingerprint density at radius 1 is 1.00 bits per heavy atom. The Hall–Kier alpha value is -3.02. The smallest absolute Gasteiger partial charge is 0.273 e. The fourth-order valence-electron chi connectivity index (χ4n) is 2.35. The van der Waals surface area contributed by atoms with Gasteiger partial charge in [-0.05, 0) is 42.2 Å². The van der Waals surface area contributed by atoms with Gasteiger partial charge in [-0.1, -0.05) is 38.1 Å². The molecule has 0 aromatic heterocycles. The van der Waals surface area contributed by atoms with Crippen molar-refractivity contribution in [3.05, 3.63) is 59.7 Å². The lowest BCUT2D eigenvalue weighted by Crippen LogP contribution is -2.42. The van der Waals surface area contributed by atoms with Gasteiger partial charge in [-0.2, -0.15) is 0 Å². The summed E-state index contributed by atoms with van der Waals surface area (Å²) < 4.78 is 10.8. The predicted molar refractivity (Wildman–Crippen MR) is 104 cm³/mol. The van der Waals surface area contributed by atoms with Crippen molar-refractivity contribution in [3.8, 4) is 11.5 Å². The second kappa shape index (κ2) is 10.2. The quantitative estimate of drug-likeness (QED) is 0.700. The Morgan fingerprint density at radius 3 is 2.37 bits per heavy atom. The number of carbonyl (C=O) groups excluding carboxylic acids is 2. The summed E-state index contributed by atoms with van der Waals surface area (Å²) in [5.74, 6) is 1.01. The minimum Gasteiger partial charge on any atom is -0.497 e. The molecule has 0 saturated carbocycles. The van der Waals surface area contributed by atoms with Crippen LogP contribution in [0.3, 0.4) is 0 Å². The normalized spacial score (nSPS) is 10.4. The van der Waals surface area contributed by atoms with Crippen molar-refractivity contribution in [2.75, 3.05) is 13.7 Å². The van der Waals surface area contributed by atoms with E-state index < -0.39 is 5.91 Å². The fraction of sp³-hybridized carbons (Fsp3) is 0.333. The zero-order valence-corrected chi connectivity index (χ0v) is 16.0. The second-order valence-electron chi connectivity index (χ2n) is 6.55. The van der Waals surface area contributed by atoms with Crippen LogP contribution in [0, 0.1) is 5.92 Å². The van der Waals surface area contributed by atoms with Crippen LogP contribution in [-0.4, -0.2) is 25.5 Å². The SMILES string of the molecule is COc1ccc(CC(=O)NNC(=O)c2ccccc2OCCC(C)C)cc1. The molecule has 0 aliphatic rings. The summed E-state index contributed by atoms with van der Waals surface area (Å²) in [5.41, 5.74) is 6.07. The van der Waals surface area contributed by atoms with E-state index in [1.807, 2.05) is 6.07 Å². The molecule has 2 aromatic carbocycles. The molecule has 27 heavy (non-hydrogen) atoms. The minimum atomic E-state index is -0.418. The molecule has 0 saturated heterocycles. The van der Waals surface area contributed by atoms with Crippen molar-refractivity contribution in [1.82, 2.24) is 10.9 Å². The van der Waals surface area contributed by atoms with Crippen LogP contribution in [0.5, 0.6) is 11.5 Å². The Kier molecular flexibility index (Phi) is 7.67. The van der Waals surface area contributed by atoms with Gasteiger partial charge < -0.3 is 9.47 Å². The molecule has 6 heteroatoms. The largest absolute Gasteiger partial charge is 0.497 e. The molecule has 0 spiro atoms. The van der Waals surface area contributed by atoms with Crippen molar-refractivity contribution < 1.29 is 19.1 Å². The zero-order chi connectivity index (χ0) is 19.6. The van der Waals surface area contributed by atoms with E-state index in [-0.39, 0.29) is 12.3 Å². The minimum absolute atomic E-state index is 0.150. The highest BCUT2D eigenvalue weighted by atomic mass is 16.5. The first-order valence-corrected chi connectivity index (χ1v) is 8.93. The summed E-state index contributed by atoms with van der Waals surface area (Å²) in [6.07, 6.45) is 1.05. The Bertz CT molecular complexity index is 757. The van der Waals surface area contributed by atoms with Gasteiger partial charge in [0.2, 0.25) is 5.91 Å². The third-order valence-corrected chi connectivity index (χ3v) is 3.92. The highest BCUT2D eigenvalue weighted by Crippen LogP contribution is 2.18. The van der Waals surface area contributed by atoms with Gasteiger partial charge in [0.25, 0.3) is 5.91 Å². The number of hydrogen-bond acceptors (Lipinski definition) is 4. The van der Waals surface area contributed by atoms with E-state index in [0.717, 1.165) is 17.7 Å². The van der Waals surface area contributed by atoms with Crippen LogP contribution in [0.1, 0.15) is 36.2 Å². The maximum absolute atomic E-state index is 12.4. The molecular formula is C21H26N2O4. The molecule has 144 valence electrons. The van der Waals surface area contributed by atoms with Crippen molar-refractivity contribution in [1.29, 1.82) is 0 Å². The lowest BCUT2D eigenvalue weighted by atomic mass is 10.1. The highest BCUT2D eigenvalue weighted by Gasteiger charge is 2.13. The molecule has 0 unspecified atom stereocenters. The van der Waals surface area contributed by atoms with Gasteiger partial charge in [-0.25, -0.2) is 0 Å². The molecule has 2 amide bonds. The van der Waals surface area contributed by atoms with Gasteiger partial charge in [-0.3, -0.25) is 20.4 Å². The Labute approximate surface area is 159 Å². The van der Waals surface area contributed by atoms with Gasteiger partial charge in [0.15, 0.2) is 0 Å².